The molecule has 25 heteroatoms. The van der Waals surface area contributed by atoms with Gasteiger partial charge in [0.15, 0.2) is 0 Å². The van der Waals surface area contributed by atoms with Crippen LogP contribution < -0.4 is 10.6 Å². The fourth-order valence-corrected chi connectivity index (χ4v) is 8.79. The molecule has 0 atom stereocenters. The highest BCUT2D eigenvalue weighted by atomic mass is 32.2. The van der Waals surface area contributed by atoms with Gasteiger partial charge in [0.25, 0.3) is 40.5 Å². The molecule has 0 radical (unpaired) electrons. The largest absolute Gasteiger partial charge is 0.323 e. The molecular weight excluding hydrogens is 845 g/mol. The van der Waals surface area contributed by atoms with Crippen LogP contribution in [0.15, 0.2) is 117 Å². The van der Waals surface area contributed by atoms with Crippen LogP contribution in [-0.2, 0) is 40.5 Å². The number of rotatable bonds is 8. The lowest BCUT2D eigenvalue weighted by atomic mass is 10.1. The van der Waals surface area contributed by atoms with E-state index in [1.54, 1.807) is 24.3 Å². The van der Waals surface area contributed by atoms with Crippen molar-refractivity contribution in [2.24, 2.45) is 0 Å². The number of fused-ring (bicyclic) bond motifs is 6. The Hall–Kier alpha value is -6.45. The van der Waals surface area contributed by atoms with Crippen molar-refractivity contribution in [2.75, 3.05) is 10.6 Å². The Labute approximate surface area is 325 Å². The lowest BCUT2D eigenvalue weighted by molar-refractivity contribution is 0.262. The van der Waals surface area contributed by atoms with Crippen LogP contribution >= 0.6 is 0 Å². The molecule has 2 aromatic heterocycles. The Morgan fingerprint density at radius 2 is 0.810 bits per heavy atom. The second-order valence-corrected chi connectivity index (χ2v) is 18.1. The minimum absolute atomic E-state index is 0.0221. The molecule has 8 rings (SSSR count). The highest BCUT2D eigenvalue weighted by molar-refractivity contribution is 7.87. The lowest BCUT2D eigenvalue weighted by Gasteiger charge is -2.09. The van der Waals surface area contributed by atoms with Crippen molar-refractivity contribution in [1.82, 2.24) is 30.0 Å². The molecule has 0 unspecified atom stereocenters. The van der Waals surface area contributed by atoms with Crippen molar-refractivity contribution >= 4 is 101 Å². The first-order chi connectivity index (χ1) is 27.1. The molecule has 8 aromatic rings. The van der Waals surface area contributed by atoms with E-state index in [2.05, 4.69) is 31.0 Å². The fourth-order valence-electron chi connectivity index (χ4n) is 6.11. The number of hydrogen-bond acceptors (Lipinski definition) is 13. The van der Waals surface area contributed by atoms with Crippen molar-refractivity contribution in [1.29, 1.82) is 0 Å². The summed E-state index contributed by atoms with van der Waals surface area (Å²) in [7, 11) is -19.6. The third kappa shape index (κ3) is 7.18. The SMILES string of the molecule is O=C(Nc1ccc(-n2nc3ccc4c(S(=O)(=O)O)cc(S(=O)(=O)O)cc4c3n2)cc1)Nc1ccc(-n2nc3ccc4c(S(=O)(=O)O)cc(S(=O)(=O)O)cc4c3n2)cc1. The standard InChI is InChI=1S/C33H22N8O13S4/c42-33(34-17-1-5-19(6-2-17)40-36-27-11-9-23-25(31(27)38-40)13-21(55(43,44)45)15-29(23)57(49,50)51)35-18-3-7-20(8-4-18)41-37-28-12-10-24-26(32(28)39-41)14-22(56(46,47)48)16-30(24)58(52,53)54/h1-16H,(H2,34,35,42)(H,43,44,45)(H,46,47,48)(H,49,50,51)(H,52,53,54). The van der Waals surface area contributed by atoms with Gasteiger partial charge in [-0.05, 0) is 84.9 Å². The zero-order valence-corrected chi connectivity index (χ0v) is 31.8. The monoisotopic (exact) mass is 866 g/mol. The molecule has 2 heterocycles. The van der Waals surface area contributed by atoms with E-state index in [4.69, 9.17) is 0 Å². The van der Waals surface area contributed by atoms with Crippen LogP contribution in [0.5, 0.6) is 0 Å². The van der Waals surface area contributed by atoms with E-state index in [9.17, 15) is 56.7 Å². The van der Waals surface area contributed by atoms with Crippen molar-refractivity contribution in [2.45, 2.75) is 19.6 Å². The van der Waals surface area contributed by atoms with Crippen molar-refractivity contribution in [3.05, 3.63) is 97.1 Å². The maximum Gasteiger partial charge on any atom is 0.323 e. The predicted octanol–water partition coefficient (Wildman–Crippen LogP) is 4.09. The van der Waals surface area contributed by atoms with E-state index in [-0.39, 0.29) is 43.6 Å². The van der Waals surface area contributed by atoms with E-state index < -0.39 is 66.1 Å². The molecule has 0 saturated carbocycles. The summed E-state index contributed by atoms with van der Waals surface area (Å²) in [6.45, 7) is 0. The molecule has 0 bridgehead atoms. The van der Waals surface area contributed by atoms with Gasteiger partial charge in [-0.25, -0.2) is 4.79 Å². The van der Waals surface area contributed by atoms with Crippen LogP contribution in [0, 0.1) is 0 Å². The molecule has 0 aliphatic carbocycles. The number of nitrogens with one attached hydrogen (secondary N) is 2. The summed E-state index contributed by atoms with van der Waals surface area (Å²) in [5.41, 5.74) is 2.05. The highest BCUT2D eigenvalue weighted by Gasteiger charge is 2.24. The van der Waals surface area contributed by atoms with Gasteiger partial charge >= 0.3 is 6.03 Å². The number of hydrogen-bond donors (Lipinski definition) is 6. The summed E-state index contributed by atoms with van der Waals surface area (Å²) in [4.78, 5) is 12.1. The normalized spacial score (nSPS) is 12.8. The van der Waals surface area contributed by atoms with E-state index in [1.807, 2.05) is 0 Å². The number of nitrogens with zero attached hydrogens (tertiary/aromatic N) is 6. The summed E-state index contributed by atoms with van der Waals surface area (Å²) < 4.78 is 134. The Balaban J connectivity index is 1.00. The first-order valence-corrected chi connectivity index (χ1v) is 21.8. The van der Waals surface area contributed by atoms with Crippen molar-refractivity contribution in [3.63, 3.8) is 0 Å². The number of benzene rings is 6. The molecule has 0 spiro atoms. The second kappa shape index (κ2) is 13.3. The zero-order chi connectivity index (χ0) is 41.5. The molecule has 6 N–H and O–H groups in total. The summed E-state index contributed by atoms with van der Waals surface area (Å²) in [5.74, 6) is 0. The van der Waals surface area contributed by atoms with Gasteiger partial charge in [-0.15, -0.1) is 20.4 Å². The third-order valence-corrected chi connectivity index (χ3v) is 12.2. The second-order valence-electron chi connectivity index (χ2n) is 12.5. The number of urea groups is 1. The van der Waals surface area contributed by atoms with E-state index in [0.29, 0.717) is 34.9 Å². The first-order valence-electron chi connectivity index (χ1n) is 16.0. The van der Waals surface area contributed by atoms with Crippen LogP contribution in [0.2, 0.25) is 0 Å². The van der Waals surface area contributed by atoms with Crippen LogP contribution in [-0.4, -0.2) is 87.9 Å². The van der Waals surface area contributed by atoms with Gasteiger partial charge in [0.2, 0.25) is 0 Å². The maximum absolute atomic E-state index is 12.8. The molecule has 0 saturated heterocycles. The summed E-state index contributed by atoms with van der Waals surface area (Å²) in [5, 5.41) is 22.6. The Morgan fingerprint density at radius 1 is 0.448 bits per heavy atom. The number of anilines is 2. The quantitative estimate of drug-likeness (QED) is 0.117. The minimum Gasteiger partial charge on any atom is -0.308 e. The van der Waals surface area contributed by atoms with Gasteiger partial charge in [-0.2, -0.15) is 43.3 Å². The molecule has 6 aromatic carbocycles. The minimum atomic E-state index is -4.91. The average Bonchev–Trinajstić information content (AvgIpc) is 3.79. The van der Waals surface area contributed by atoms with Gasteiger partial charge in [0.05, 0.1) is 21.2 Å². The molecular formula is C33H22N8O13S4. The first kappa shape index (κ1) is 38.4. The molecule has 0 aliphatic heterocycles. The summed E-state index contributed by atoms with van der Waals surface area (Å²) >= 11 is 0. The number of amides is 2. The topological polar surface area (TPSA) is 320 Å². The number of aromatic nitrogens is 6. The zero-order valence-electron chi connectivity index (χ0n) is 28.5. The van der Waals surface area contributed by atoms with Gasteiger partial charge in [0.1, 0.15) is 31.9 Å². The van der Waals surface area contributed by atoms with Crippen LogP contribution in [0.25, 0.3) is 55.0 Å². The third-order valence-electron chi connectivity index (χ3n) is 8.70. The van der Waals surface area contributed by atoms with Gasteiger partial charge < -0.3 is 10.6 Å². The molecule has 21 nitrogen and oxygen atoms in total. The van der Waals surface area contributed by atoms with Gasteiger partial charge in [-0.3, -0.25) is 18.2 Å². The molecule has 296 valence electrons. The Kier molecular flexibility index (Phi) is 8.82. The number of carbonyl (C=O) groups is 1. The van der Waals surface area contributed by atoms with E-state index >= 15 is 0 Å². The Bertz CT molecular complexity index is 3290. The smallest absolute Gasteiger partial charge is 0.308 e. The highest BCUT2D eigenvalue weighted by Crippen LogP contribution is 2.33. The summed E-state index contributed by atoms with van der Waals surface area (Å²) in [6.07, 6.45) is 0. The fraction of sp³-hybridized carbons (Fsp3) is 0. The molecule has 0 fully saturated rings. The maximum atomic E-state index is 12.8. The number of carbonyl (C=O) groups excluding carboxylic acids is 1. The van der Waals surface area contributed by atoms with Crippen LogP contribution in [0.4, 0.5) is 16.2 Å². The van der Waals surface area contributed by atoms with Crippen LogP contribution in [0.3, 0.4) is 0 Å². The van der Waals surface area contributed by atoms with E-state index in [0.717, 1.165) is 12.1 Å². The molecule has 0 aliphatic rings. The molecule has 58 heavy (non-hydrogen) atoms. The van der Waals surface area contributed by atoms with Crippen molar-refractivity contribution in [3.8, 4) is 11.4 Å². The summed E-state index contributed by atoms with van der Waals surface area (Å²) in [6, 6.07) is 20.5. The molecule has 2 amide bonds. The van der Waals surface area contributed by atoms with E-state index in [1.165, 1.54) is 58.1 Å². The van der Waals surface area contributed by atoms with Crippen LogP contribution in [0.1, 0.15) is 0 Å². The Morgan fingerprint density at radius 3 is 1.14 bits per heavy atom. The lowest BCUT2D eigenvalue weighted by Crippen LogP contribution is -2.19. The predicted molar refractivity (Wildman–Crippen MR) is 205 cm³/mol. The van der Waals surface area contributed by atoms with Gasteiger partial charge in [-0.1, -0.05) is 12.1 Å². The average molecular weight is 867 g/mol. The van der Waals surface area contributed by atoms with Gasteiger partial charge in [0, 0.05) is 32.9 Å². The van der Waals surface area contributed by atoms with Crippen molar-refractivity contribution < 1.29 is 56.7 Å².